The first-order valence-electron chi connectivity index (χ1n) is 6.60. The van der Waals surface area contributed by atoms with Crippen molar-refractivity contribution in [1.82, 2.24) is 9.80 Å². The van der Waals surface area contributed by atoms with Crippen LogP contribution in [0, 0.1) is 0 Å². The highest BCUT2D eigenvalue weighted by atomic mass is 35.5. The van der Waals surface area contributed by atoms with Crippen molar-refractivity contribution in [2.24, 2.45) is 0 Å². The summed E-state index contributed by atoms with van der Waals surface area (Å²) in [6, 6.07) is 9.03. The number of hydrogen-bond acceptors (Lipinski definition) is 3. The van der Waals surface area contributed by atoms with Crippen molar-refractivity contribution < 1.29 is 0 Å². The molecule has 2 aliphatic rings. The van der Waals surface area contributed by atoms with E-state index in [9.17, 15) is 0 Å². The second kappa shape index (κ2) is 5.83. The number of nitrogens with zero attached hydrogens (tertiary/aromatic N) is 2. The Morgan fingerprint density at radius 1 is 1.11 bits per heavy atom. The lowest BCUT2D eigenvalue weighted by Gasteiger charge is -2.46. The Morgan fingerprint density at radius 2 is 1.78 bits per heavy atom. The van der Waals surface area contributed by atoms with Crippen LogP contribution in [0.5, 0.6) is 0 Å². The van der Waals surface area contributed by atoms with Crippen molar-refractivity contribution in [3.63, 3.8) is 0 Å². The molecule has 0 radical (unpaired) electrons. The van der Waals surface area contributed by atoms with E-state index in [2.05, 4.69) is 33.7 Å². The van der Waals surface area contributed by atoms with Crippen LogP contribution in [0.4, 0.5) is 0 Å². The molecule has 0 unspecified atom stereocenters. The van der Waals surface area contributed by atoms with E-state index >= 15 is 0 Å². The molecule has 2 nitrogen and oxygen atoms in total. The molecule has 0 saturated carbocycles. The molecule has 98 valence electrons. The van der Waals surface area contributed by atoms with Crippen LogP contribution in [0.1, 0.15) is 5.56 Å². The van der Waals surface area contributed by atoms with Gasteiger partial charge < -0.3 is 0 Å². The summed E-state index contributed by atoms with van der Waals surface area (Å²) in [5.41, 5.74) is 1.37. The average Bonchev–Trinajstić information content (AvgIpc) is 2.36. The number of thioether (sulfide) groups is 1. The number of hydrogen-bond donors (Lipinski definition) is 0. The maximum atomic E-state index is 5.90. The van der Waals surface area contributed by atoms with Crippen molar-refractivity contribution >= 4 is 23.4 Å². The van der Waals surface area contributed by atoms with Gasteiger partial charge in [0.15, 0.2) is 0 Å². The second-order valence-corrected chi connectivity index (χ2v) is 6.78. The highest BCUT2D eigenvalue weighted by molar-refractivity contribution is 7.99. The van der Waals surface area contributed by atoms with E-state index in [1.54, 1.807) is 0 Å². The summed E-state index contributed by atoms with van der Waals surface area (Å²) in [7, 11) is 0. The van der Waals surface area contributed by atoms with Crippen molar-refractivity contribution in [2.75, 3.05) is 37.7 Å². The van der Waals surface area contributed by atoms with Gasteiger partial charge in [0.2, 0.25) is 0 Å². The molecule has 2 heterocycles. The van der Waals surface area contributed by atoms with Crippen molar-refractivity contribution in [2.45, 2.75) is 12.6 Å². The fourth-order valence-corrected chi connectivity index (χ4v) is 3.75. The quantitative estimate of drug-likeness (QED) is 0.841. The van der Waals surface area contributed by atoms with E-state index in [0.29, 0.717) is 0 Å². The van der Waals surface area contributed by atoms with Crippen LogP contribution < -0.4 is 0 Å². The predicted molar refractivity (Wildman–Crippen MR) is 79.4 cm³/mol. The highest BCUT2D eigenvalue weighted by Gasteiger charge is 2.31. The largest absolute Gasteiger partial charge is 0.296 e. The van der Waals surface area contributed by atoms with E-state index in [4.69, 9.17) is 11.6 Å². The van der Waals surface area contributed by atoms with Crippen LogP contribution in [0.15, 0.2) is 24.3 Å². The topological polar surface area (TPSA) is 6.48 Å². The number of likely N-dealkylation sites (tertiary alicyclic amines) is 1. The summed E-state index contributed by atoms with van der Waals surface area (Å²) in [5.74, 6) is 2.63. The second-order valence-electron chi connectivity index (χ2n) is 5.12. The summed E-state index contributed by atoms with van der Waals surface area (Å²) < 4.78 is 0. The van der Waals surface area contributed by atoms with Crippen LogP contribution in [0.2, 0.25) is 5.02 Å². The third kappa shape index (κ3) is 3.02. The monoisotopic (exact) mass is 282 g/mol. The molecule has 1 aromatic carbocycles. The van der Waals surface area contributed by atoms with Gasteiger partial charge in [-0.15, -0.1) is 0 Å². The van der Waals surface area contributed by atoms with E-state index in [1.807, 2.05) is 12.1 Å². The average molecular weight is 283 g/mol. The fourth-order valence-electron chi connectivity index (χ4n) is 2.69. The lowest BCUT2D eigenvalue weighted by molar-refractivity contribution is 0.0343. The minimum Gasteiger partial charge on any atom is -0.296 e. The first-order valence-corrected chi connectivity index (χ1v) is 8.13. The van der Waals surface area contributed by atoms with Gasteiger partial charge in [0, 0.05) is 55.3 Å². The Hall–Kier alpha value is -0.220. The number of rotatable bonds is 3. The molecular formula is C14H19ClN2S. The van der Waals surface area contributed by atoms with Gasteiger partial charge in [0.05, 0.1) is 0 Å². The minimum absolute atomic E-state index is 0.804. The zero-order valence-electron chi connectivity index (χ0n) is 10.5. The Labute approximate surface area is 118 Å². The molecule has 3 rings (SSSR count). The van der Waals surface area contributed by atoms with Gasteiger partial charge in [-0.3, -0.25) is 9.80 Å². The SMILES string of the molecule is Clc1ccc(CN2CC(N3CCSCC3)C2)cc1. The summed E-state index contributed by atoms with van der Waals surface area (Å²) in [6.07, 6.45) is 0. The fraction of sp³-hybridized carbons (Fsp3) is 0.571. The number of halogens is 1. The zero-order valence-corrected chi connectivity index (χ0v) is 12.1. The molecule has 2 aliphatic heterocycles. The lowest BCUT2D eigenvalue weighted by atomic mass is 10.1. The van der Waals surface area contributed by atoms with Gasteiger partial charge in [0.1, 0.15) is 0 Å². The van der Waals surface area contributed by atoms with Gasteiger partial charge >= 0.3 is 0 Å². The molecule has 1 aromatic rings. The summed E-state index contributed by atoms with van der Waals surface area (Å²) >= 11 is 7.99. The highest BCUT2D eigenvalue weighted by Crippen LogP contribution is 2.21. The number of benzene rings is 1. The van der Waals surface area contributed by atoms with E-state index in [-0.39, 0.29) is 0 Å². The van der Waals surface area contributed by atoms with Crippen LogP contribution in [0.3, 0.4) is 0 Å². The molecule has 0 spiro atoms. The Balaban J connectivity index is 1.46. The van der Waals surface area contributed by atoms with Gasteiger partial charge in [-0.2, -0.15) is 11.8 Å². The van der Waals surface area contributed by atoms with Crippen LogP contribution in [-0.2, 0) is 6.54 Å². The molecule has 0 bridgehead atoms. The molecule has 0 aromatic heterocycles. The Kier molecular flexibility index (Phi) is 4.14. The van der Waals surface area contributed by atoms with Gasteiger partial charge in [0.25, 0.3) is 0 Å². The zero-order chi connectivity index (χ0) is 12.4. The smallest absolute Gasteiger partial charge is 0.0406 e. The molecule has 0 N–H and O–H groups in total. The standard InChI is InChI=1S/C14H19ClN2S/c15-13-3-1-12(2-4-13)9-16-10-14(11-16)17-5-7-18-8-6-17/h1-4,14H,5-11H2. The Morgan fingerprint density at radius 3 is 2.44 bits per heavy atom. The van der Waals surface area contributed by atoms with Crippen LogP contribution in [-0.4, -0.2) is 53.5 Å². The van der Waals surface area contributed by atoms with Gasteiger partial charge in [-0.05, 0) is 17.7 Å². The van der Waals surface area contributed by atoms with E-state index < -0.39 is 0 Å². The van der Waals surface area contributed by atoms with Gasteiger partial charge in [-0.25, -0.2) is 0 Å². The summed E-state index contributed by atoms with van der Waals surface area (Å²) in [6.45, 7) is 6.09. The first-order chi connectivity index (χ1) is 8.81. The minimum atomic E-state index is 0.804. The predicted octanol–water partition coefficient (Wildman–Crippen LogP) is 2.57. The first kappa shape index (κ1) is 12.8. The van der Waals surface area contributed by atoms with E-state index in [1.165, 1.54) is 43.2 Å². The van der Waals surface area contributed by atoms with E-state index in [0.717, 1.165) is 17.6 Å². The molecule has 4 heteroatoms. The van der Waals surface area contributed by atoms with Crippen LogP contribution in [0.25, 0.3) is 0 Å². The third-order valence-electron chi connectivity index (χ3n) is 3.82. The lowest BCUT2D eigenvalue weighted by Crippen LogP contribution is -2.60. The Bertz CT molecular complexity index is 383. The summed E-state index contributed by atoms with van der Waals surface area (Å²) in [5, 5.41) is 0.825. The normalized spacial score (nSPS) is 22.9. The molecule has 18 heavy (non-hydrogen) atoms. The van der Waals surface area contributed by atoms with Crippen molar-refractivity contribution in [1.29, 1.82) is 0 Å². The molecule has 0 amide bonds. The maximum Gasteiger partial charge on any atom is 0.0406 e. The molecule has 0 atom stereocenters. The molecule has 0 aliphatic carbocycles. The molecular weight excluding hydrogens is 264 g/mol. The maximum absolute atomic E-state index is 5.90. The third-order valence-corrected chi connectivity index (χ3v) is 5.01. The molecule has 2 fully saturated rings. The molecule has 2 saturated heterocycles. The van der Waals surface area contributed by atoms with Crippen LogP contribution >= 0.6 is 23.4 Å². The summed E-state index contributed by atoms with van der Waals surface area (Å²) in [4.78, 5) is 5.19. The van der Waals surface area contributed by atoms with Crippen molar-refractivity contribution in [3.05, 3.63) is 34.9 Å². The van der Waals surface area contributed by atoms with Crippen molar-refractivity contribution in [3.8, 4) is 0 Å². The van der Waals surface area contributed by atoms with Gasteiger partial charge in [-0.1, -0.05) is 23.7 Å².